The normalized spacial score (nSPS) is 31.3. The van der Waals surface area contributed by atoms with Gasteiger partial charge in [-0.15, -0.1) is 0 Å². The fourth-order valence-corrected chi connectivity index (χ4v) is 4.99. The summed E-state index contributed by atoms with van der Waals surface area (Å²) < 4.78 is 27.3. The van der Waals surface area contributed by atoms with Crippen molar-refractivity contribution in [3.8, 4) is 0 Å². The average molecular weight is 310 g/mol. The quantitative estimate of drug-likeness (QED) is 0.833. The Morgan fingerprint density at radius 2 is 1.90 bits per heavy atom. The number of hydrogen-bond donors (Lipinski definition) is 0. The first kappa shape index (κ1) is 15.0. The van der Waals surface area contributed by atoms with E-state index in [1.165, 1.54) is 0 Å². The largest absolute Gasteiger partial charge is 0.299 e. The van der Waals surface area contributed by atoms with Crippen molar-refractivity contribution in [3.63, 3.8) is 0 Å². The number of benzene rings is 1. The maximum Gasteiger partial charge on any atom is 0.243 e. The summed E-state index contributed by atoms with van der Waals surface area (Å²) in [6, 6.07) is 7.39. The van der Waals surface area contributed by atoms with Crippen molar-refractivity contribution in [2.75, 3.05) is 20.2 Å². The highest BCUT2D eigenvalue weighted by Crippen LogP contribution is 2.34. The Hall–Kier alpha value is -0.950. The van der Waals surface area contributed by atoms with E-state index < -0.39 is 10.0 Å². The molecular formula is C15H22N2O3S. The summed E-state index contributed by atoms with van der Waals surface area (Å²) in [7, 11) is -1.49. The van der Waals surface area contributed by atoms with E-state index in [0.717, 1.165) is 12.0 Å². The van der Waals surface area contributed by atoms with Crippen LogP contribution in [0.25, 0.3) is 0 Å². The van der Waals surface area contributed by atoms with Gasteiger partial charge in [0, 0.05) is 31.6 Å². The maximum atomic E-state index is 12.9. The number of nitrogens with zero attached hydrogens (tertiary/aromatic N) is 2. The summed E-state index contributed by atoms with van der Waals surface area (Å²) >= 11 is 0. The number of sulfonamides is 1. The summed E-state index contributed by atoms with van der Waals surface area (Å²) in [5, 5.41) is 1.89. The molecule has 2 aliphatic heterocycles. The lowest BCUT2D eigenvalue weighted by molar-refractivity contribution is -0.112. The molecule has 0 amide bonds. The molecule has 21 heavy (non-hydrogen) atoms. The lowest BCUT2D eigenvalue weighted by atomic mass is 9.91. The number of fused-ring (bicyclic) bond motifs is 1. The van der Waals surface area contributed by atoms with Gasteiger partial charge in [0.25, 0.3) is 0 Å². The number of rotatable bonds is 2. The third kappa shape index (κ3) is 2.61. The van der Waals surface area contributed by atoms with Crippen LogP contribution < -0.4 is 0 Å². The molecule has 0 spiro atoms. The van der Waals surface area contributed by atoms with Gasteiger partial charge in [-0.2, -0.15) is 9.37 Å². The highest BCUT2D eigenvalue weighted by molar-refractivity contribution is 7.89. The van der Waals surface area contributed by atoms with Gasteiger partial charge in [0.05, 0.1) is 11.5 Å². The minimum absolute atomic E-state index is 0.0123. The zero-order valence-electron chi connectivity index (χ0n) is 12.7. The van der Waals surface area contributed by atoms with Gasteiger partial charge in [-0.25, -0.2) is 8.42 Å². The first-order valence-electron chi connectivity index (χ1n) is 7.34. The van der Waals surface area contributed by atoms with Gasteiger partial charge < -0.3 is 0 Å². The number of hydroxylamine groups is 2. The predicted octanol–water partition coefficient (Wildman–Crippen LogP) is 1.64. The smallest absolute Gasteiger partial charge is 0.243 e. The van der Waals surface area contributed by atoms with E-state index in [0.29, 0.717) is 24.1 Å². The number of piperidine rings is 1. The van der Waals surface area contributed by atoms with Gasteiger partial charge in [0.1, 0.15) is 0 Å². The molecule has 5 nitrogen and oxygen atoms in total. The van der Waals surface area contributed by atoms with E-state index in [1.54, 1.807) is 16.4 Å². The fourth-order valence-electron chi connectivity index (χ4n) is 3.29. The van der Waals surface area contributed by atoms with Crippen molar-refractivity contribution in [1.29, 1.82) is 0 Å². The topological polar surface area (TPSA) is 49.9 Å². The van der Waals surface area contributed by atoms with Crippen molar-refractivity contribution in [2.45, 2.75) is 37.2 Å². The molecule has 2 fully saturated rings. The molecule has 0 radical (unpaired) electrons. The Bertz CT molecular complexity index is 614. The second kappa shape index (κ2) is 5.35. The van der Waals surface area contributed by atoms with Crippen molar-refractivity contribution >= 4 is 10.0 Å². The van der Waals surface area contributed by atoms with E-state index in [2.05, 4.69) is 0 Å². The van der Waals surface area contributed by atoms with Crippen LogP contribution in [0.5, 0.6) is 0 Å². The van der Waals surface area contributed by atoms with Crippen LogP contribution in [0.4, 0.5) is 0 Å². The Labute approximate surface area is 126 Å². The summed E-state index contributed by atoms with van der Waals surface area (Å²) in [6.45, 7) is 5.07. The van der Waals surface area contributed by atoms with Gasteiger partial charge in [-0.3, -0.25) is 4.84 Å². The molecule has 1 aromatic carbocycles. The van der Waals surface area contributed by atoms with Gasteiger partial charge in [-0.1, -0.05) is 17.7 Å². The van der Waals surface area contributed by atoms with E-state index in [9.17, 15) is 8.42 Å². The lowest BCUT2D eigenvalue weighted by Gasteiger charge is -2.39. The molecule has 0 unspecified atom stereocenters. The maximum absolute atomic E-state index is 12.9. The SMILES string of the molecule is Cc1ccc(S(=O)(=O)N2C[C@H]3CON(C)[C@H]3C[C@H]2C)cc1. The van der Waals surface area contributed by atoms with E-state index in [4.69, 9.17) is 4.84 Å². The van der Waals surface area contributed by atoms with Crippen LogP contribution in [0.15, 0.2) is 29.2 Å². The number of aryl methyl sites for hydroxylation is 1. The molecule has 3 rings (SSSR count). The number of hydrogen-bond acceptors (Lipinski definition) is 4. The van der Waals surface area contributed by atoms with Crippen LogP contribution >= 0.6 is 0 Å². The van der Waals surface area contributed by atoms with Crippen LogP contribution in [0.2, 0.25) is 0 Å². The fraction of sp³-hybridized carbons (Fsp3) is 0.600. The molecule has 1 aromatic rings. The van der Waals surface area contributed by atoms with Crippen LogP contribution in [0.3, 0.4) is 0 Å². The zero-order valence-corrected chi connectivity index (χ0v) is 13.5. The third-order valence-corrected chi connectivity index (χ3v) is 6.61. The first-order valence-corrected chi connectivity index (χ1v) is 8.78. The molecule has 6 heteroatoms. The second-order valence-electron chi connectivity index (χ2n) is 6.14. The molecule has 116 valence electrons. The Morgan fingerprint density at radius 1 is 1.24 bits per heavy atom. The molecule has 0 saturated carbocycles. The Kier molecular flexibility index (Phi) is 3.81. The molecular weight excluding hydrogens is 288 g/mol. The highest BCUT2D eigenvalue weighted by Gasteiger charge is 2.44. The van der Waals surface area contributed by atoms with Crippen molar-refractivity contribution in [3.05, 3.63) is 29.8 Å². The minimum Gasteiger partial charge on any atom is -0.299 e. The van der Waals surface area contributed by atoms with E-state index >= 15 is 0 Å². The lowest BCUT2D eigenvalue weighted by Crippen LogP contribution is -2.52. The third-order valence-electron chi connectivity index (χ3n) is 4.62. The van der Waals surface area contributed by atoms with Crippen LogP contribution in [0.1, 0.15) is 18.9 Å². The van der Waals surface area contributed by atoms with Crippen molar-refractivity contribution in [2.24, 2.45) is 5.92 Å². The van der Waals surface area contributed by atoms with Gasteiger partial charge in [0.15, 0.2) is 0 Å². The minimum atomic E-state index is -3.42. The molecule has 0 aromatic heterocycles. The highest BCUT2D eigenvalue weighted by atomic mass is 32.2. The summed E-state index contributed by atoms with van der Waals surface area (Å²) in [5.74, 6) is 0.256. The van der Waals surface area contributed by atoms with Crippen LogP contribution in [-0.2, 0) is 14.9 Å². The molecule has 2 heterocycles. The molecule has 0 aliphatic carbocycles. The Morgan fingerprint density at radius 3 is 2.57 bits per heavy atom. The van der Waals surface area contributed by atoms with Gasteiger partial charge >= 0.3 is 0 Å². The molecule has 0 bridgehead atoms. The molecule has 2 saturated heterocycles. The summed E-state index contributed by atoms with van der Waals surface area (Å²) in [5.41, 5.74) is 1.06. The molecule has 2 aliphatic rings. The van der Waals surface area contributed by atoms with Crippen LogP contribution in [-0.4, -0.2) is 50.1 Å². The van der Waals surface area contributed by atoms with Crippen LogP contribution in [0, 0.1) is 12.8 Å². The van der Waals surface area contributed by atoms with Gasteiger partial charge in [-0.05, 0) is 32.4 Å². The monoisotopic (exact) mass is 310 g/mol. The van der Waals surface area contributed by atoms with Crippen molar-refractivity contribution < 1.29 is 13.3 Å². The standard InChI is InChI=1S/C15H22N2O3S/c1-11-4-6-14(7-5-11)21(18,19)17-9-13-10-20-16(3)15(13)8-12(17)2/h4-7,12-13,15H,8-10H2,1-3H3/t12-,13+,15+/m1/s1. The molecule has 3 atom stereocenters. The van der Waals surface area contributed by atoms with Crippen molar-refractivity contribution in [1.82, 2.24) is 9.37 Å². The molecule has 0 N–H and O–H groups in total. The van der Waals surface area contributed by atoms with Gasteiger partial charge in [0.2, 0.25) is 10.0 Å². The van der Waals surface area contributed by atoms with E-state index in [-0.39, 0.29) is 12.0 Å². The Balaban J connectivity index is 1.87. The summed E-state index contributed by atoms with van der Waals surface area (Å²) in [6.07, 6.45) is 0.812. The predicted molar refractivity (Wildman–Crippen MR) is 80.1 cm³/mol. The zero-order chi connectivity index (χ0) is 15.2. The summed E-state index contributed by atoms with van der Waals surface area (Å²) in [4.78, 5) is 5.92. The average Bonchev–Trinajstić information content (AvgIpc) is 2.79. The first-order chi connectivity index (χ1) is 9.89. The van der Waals surface area contributed by atoms with E-state index in [1.807, 2.05) is 38.1 Å². The second-order valence-corrected chi connectivity index (χ2v) is 8.03.